The molecule has 2 aromatic rings. The van der Waals surface area contributed by atoms with Crippen LogP contribution in [0.1, 0.15) is 29.5 Å². The molecule has 3 heteroatoms. The zero-order chi connectivity index (χ0) is 14.7. The molecule has 0 spiro atoms. The van der Waals surface area contributed by atoms with E-state index in [2.05, 4.69) is 17.4 Å². The Balaban J connectivity index is 1.87. The number of benzene rings is 2. The third-order valence-electron chi connectivity index (χ3n) is 4.31. The second-order valence-corrected chi connectivity index (χ2v) is 5.57. The van der Waals surface area contributed by atoms with Gasteiger partial charge < -0.3 is 10.4 Å². The van der Waals surface area contributed by atoms with Gasteiger partial charge in [0, 0.05) is 18.5 Å². The molecule has 1 heterocycles. The number of carbonyl (C=O) groups is 1. The molecule has 0 bridgehead atoms. The molecule has 0 aliphatic carbocycles. The topological polar surface area (TPSA) is 49.3 Å². The molecule has 0 radical (unpaired) electrons. The predicted octanol–water partition coefficient (Wildman–Crippen LogP) is 3.21. The van der Waals surface area contributed by atoms with E-state index >= 15 is 0 Å². The van der Waals surface area contributed by atoms with Crippen molar-refractivity contribution < 1.29 is 9.90 Å². The van der Waals surface area contributed by atoms with E-state index in [0.29, 0.717) is 6.54 Å². The minimum Gasteiger partial charge on any atom is -0.481 e. The van der Waals surface area contributed by atoms with Crippen molar-refractivity contribution in [1.29, 1.82) is 0 Å². The zero-order valence-electron chi connectivity index (χ0n) is 11.8. The van der Waals surface area contributed by atoms with Crippen molar-refractivity contribution in [2.45, 2.75) is 18.4 Å². The first-order valence-electron chi connectivity index (χ1n) is 7.32. The summed E-state index contributed by atoms with van der Waals surface area (Å²) in [6.45, 7) is 0.508. The Labute approximate surface area is 124 Å². The van der Waals surface area contributed by atoms with Gasteiger partial charge in [0.25, 0.3) is 0 Å². The summed E-state index contributed by atoms with van der Waals surface area (Å²) in [6, 6.07) is 20.5. The molecule has 108 valence electrons. The fourth-order valence-electron chi connectivity index (χ4n) is 3.18. The molecule has 0 aromatic heterocycles. The molecule has 0 saturated carbocycles. The molecule has 0 unspecified atom stereocenters. The van der Waals surface area contributed by atoms with Gasteiger partial charge in [0.1, 0.15) is 0 Å². The summed E-state index contributed by atoms with van der Waals surface area (Å²) in [5.74, 6) is -1.04. The highest BCUT2D eigenvalue weighted by molar-refractivity contribution is 5.72. The van der Waals surface area contributed by atoms with Gasteiger partial charge in [0.2, 0.25) is 0 Å². The zero-order valence-corrected chi connectivity index (χ0v) is 11.8. The van der Waals surface area contributed by atoms with E-state index in [1.54, 1.807) is 0 Å². The van der Waals surface area contributed by atoms with Crippen LogP contribution in [0.2, 0.25) is 0 Å². The molecule has 1 saturated heterocycles. The van der Waals surface area contributed by atoms with Crippen molar-refractivity contribution in [1.82, 2.24) is 5.32 Å². The Kier molecular flexibility index (Phi) is 4.02. The molecule has 0 amide bonds. The minimum absolute atomic E-state index is 0.0511. The van der Waals surface area contributed by atoms with Gasteiger partial charge in [-0.15, -0.1) is 0 Å². The summed E-state index contributed by atoms with van der Waals surface area (Å²) in [5, 5.41) is 12.9. The third-order valence-corrected chi connectivity index (χ3v) is 4.31. The molecule has 2 aromatic carbocycles. The number of hydrogen-bond donors (Lipinski definition) is 2. The van der Waals surface area contributed by atoms with Crippen LogP contribution in [0.15, 0.2) is 60.7 Å². The second-order valence-electron chi connectivity index (χ2n) is 5.57. The van der Waals surface area contributed by atoms with Crippen LogP contribution in [-0.4, -0.2) is 17.6 Å². The lowest BCUT2D eigenvalue weighted by molar-refractivity contribution is -0.143. The Hall–Kier alpha value is -2.13. The monoisotopic (exact) mass is 281 g/mol. The van der Waals surface area contributed by atoms with E-state index in [9.17, 15) is 9.90 Å². The Morgan fingerprint density at radius 2 is 1.52 bits per heavy atom. The lowest BCUT2D eigenvalue weighted by Crippen LogP contribution is -2.41. The number of hydrogen-bond acceptors (Lipinski definition) is 2. The van der Waals surface area contributed by atoms with E-state index in [4.69, 9.17) is 0 Å². The first kappa shape index (κ1) is 13.8. The number of aliphatic carboxylic acids is 1. The smallest absolute Gasteiger partial charge is 0.308 e. The second kappa shape index (κ2) is 6.10. The molecular formula is C18H19NO2. The number of nitrogens with one attached hydrogen (secondary N) is 1. The maximum Gasteiger partial charge on any atom is 0.308 e. The van der Waals surface area contributed by atoms with Gasteiger partial charge in [-0.1, -0.05) is 60.7 Å². The van der Waals surface area contributed by atoms with Crippen molar-refractivity contribution in [2.24, 2.45) is 5.92 Å². The SMILES string of the molecule is O=C(O)[C@@H]1CN[C@@H](c2ccccc2)C[C@H]1c1ccccc1. The van der Waals surface area contributed by atoms with Crippen molar-refractivity contribution >= 4 is 5.97 Å². The summed E-state index contributed by atoms with van der Waals surface area (Å²) in [5.41, 5.74) is 2.34. The highest BCUT2D eigenvalue weighted by Crippen LogP contribution is 2.37. The normalized spacial score (nSPS) is 25.4. The fraction of sp³-hybridized carbons (Fsp3) is 0.278. The van der Waals surface area contributed by atoms with Crippen LogP contribution in [-0.2, 0) is 4.79 Å². The molecular weight excluding hydrogens is 262 g/mol. The molecule has 3 rings (SSSR count). The molecule has 2 N–H and O–H groups in total. The molecule has 3 atom stereocenters. The maximum absolute atomic E-state index is 11.5. The molecule has 1 aliphatic rings. The Bertz CT molecular complexity index is 597. The van der Waals surface area contributed by atoms with E-state index in [1.165, 1.54) is 5.56 Å². The summed E-state index contributed by atoms with van der Waals surface area (Å²) < 4.78 is 0. The average Bonchev–Trinajstić information content (AvgIpc) is 2.56. The standard InChI is InChI=1S/C18H19NO2/c20-18(21)16-12-19-17(14-9-5-2-6-10-14)11-15(16)13-7-3-1-4-8-13/h1-10,15-17,19H,11-12H2,(H,20,21)/t15-,16+,17+/m0/s1. The molecule has 1 aliphatic heterocycles. The maximum atomic E-state index is 11.5. The van der Waals surface area contributed by atoms with Gasteiger partial charge in [-0.05, 0) is 17.5 Å². The van der Waals surface area contributed by atoms with E-state index in [0.717, 1.165) is 12.0 Å². The largest absolute Gasteiger partial charge is 0.481 e. The summed E-state index contributed by atoms with van der Waals surface area (Å²) in [7, 11) is 0. The van der Waals surface area contributed by atoms with Gasteiger partial charge in [0.05, 0.1) is 5.92 Å². The number of carboxylic acid groups (broad SMARTS) is 1. The van der Waals surface area contributed by atoms with Crippen LogP contribution in [0.25, 0.3) is 0 Å². The van der Waals surface area contributed by atoms with E-state index in [-0.39, 0.29) is 17.9 Å². The quantitative estimate of drug-likeness (QED) is 0.908. The number of carboxylic acids is 1. The van der Waals surface area contributed by atoms with Crippen LogP contribution in [0.5, 0.6) is 0 Å². The Morgan fingerprint density at radius 3 is 2.10 bits per heavy atom. The third kappa shape index (κ3) is 2.98. The lowest BCUT2D eigenvalue weighted by Gasteiger charge is -2.35. The van der Waals surface area contributed by atoms with Crippen LogP contribution in [0, 0.1) is 5.92 Å². The van der Waals surface area contributed by atoms with Gasteiger partial charge in [-0.2, -0.15) is 0 Å². The number of rotatable bonds is 3. The van der Waals surface area contributed by atoms with Gasteiger partial charge in [-0.3, -0.25) is 4.79 Å². The van der Waals surface area contributed by atoms with Crippen molar-refractivity contribution in [2.75, 3.05) is 6.54 Å². The first-order chi connectivity index (χ1) is 10.3. The van der Waals surface area contributed by atoms with Crippen molar-refractivity contribution in [3.63, 3.8) is 0 Å². The lowest BCUT2D eigenvalue weighted by atomic mass is 9.77. The van der Waals surface area contributed by atoms with Crippen molar-refractivity contribution in [3.05, 3.63) is 71.8 Å². The molecule has 1 fully saturated rings. The number of piperidine rings is 1. The highest BCUT2D eigenvalue weighted by atomic mass is 16.4. The van der Waals surface area contributed by atoms with E-state index in [1.807, 2.05) is 48.5 Å². The van der Waals surface area contributed by atoms with Crippen LogP contribution < -0.4 is 5.32 Å². The highest BCUT2D eigenvalue weighted by Gasteiger charge is 2.36. The average molecular weight is 281 g/mol. The van der Waals surface area contributed by atoms with Crippen molar-refractivity contribution in [3.8, 4) is 0 Å². The van der Waals surface area contributed by atoms with Gasteiger partial charge in [0.15, 0.2) is 0 Å². The van der Waals surface area contributed by atoms with Gasteiger partial charge in [-0.25, -0.2) is 0 Å². The molecule has 3 nitrogen and oxygen atoms in total. The predicted molar refractivity (Wildman–Crippen MR) is 82.1 cm³/mol. The van der Waals surface area contributed by atoms with Crippen LogP contribution in [0.3, 0.4) is 0 Å². The van der Waals surface area contributed by atoms with Crippen LogP contribution in [0.4, 0.5) is 0 Å². The van der Waals surface area contributed by atoms with Crippen LogP contribution >= 0.6 is 0 Å². The minimum atomic E-state index is -0.720. The fourth-order valence-corrected chi connectivity index (χ4v) is 3.18. The summed E-state index contributed by atoms with van der Waals surface area (Å²) in [6.07, 6.45) is 0.811. The first-order valence-corrected chi connectivity index (χ1v) is 7.32. The van der Waals surface area contributed by atoms with E-state index < -0.39 is 5.97 Å². The molecule has 21 heavy (non-hydrogen) atoms. The Morgan fingerprint density at radius 1 is 0.952 bits per heavy atom. The van der Waals surface area contributed by atoms with Gasteiger partial charge >= 0.3 is 5.97 Å². The summed E-state index contributed by atoms with van der Waals surface area (Å²) >= 11 is 0. The summed E-state index contributed by atoms with van der Waals surface area (Å²) in [4.78, 5) is 11.5.